The number of halogens is 2. The van der Waals surface area contributed by atoms with Crippen molar-refractivity contribution in [3.8, 4) is 5.69 Å². The monoisotopic (exact) mass is 315 g/mol. The van der Waals surface area contributed by atoms with Gasteiger partial charge in [0.05, 0.1) is 11.4 Å². The summed E-state index contributed by atoms with van der Waals surface area (Å²) < 4.78 is 14.6. The van der Waals surface area contributed by atoms with Gasteiger partial charge in [0.15, 0.2) is 6.29 Å². The summed E-state index contributed by atoms with van der Waals surface area (Å²) in [5, 5.41) is 8.46. The van der Waals surface area contributed by atoms with Crippen LogP contribution < -0.4 is 0 Å². The molecule has 0 fully saturated rings. The standard InChI is InChI=1S/C16H11ClFN3O/c17-12-2-1-3-14(9-12)21-16(15(10-22)19-20-21)8-11-4-6-13(18)7-5-11/h1-7,9-10H,8H2. The third-order valence-electron chi connectivity index (χ3n) is 3.24. The summed E-state index contributed by atoms with van der Waals surface area (Å²) in [6, 6.07) is 13.2. The number of rotatable bonds is 4. The number of carbonyl (C=O) groups excluding carboxylic acids is 1. The lowest BCUT2D eigenvalue weighted by atomic mass is 10.1. The summed E-state index contributed by atoms with van der Waals surface area (Å²) in [6.07, 6.45) is 1.07. The number of hydrogen-bond acceptors (Lipinski definition) is 3. The first kappa shape index (κ1) is 14.4. The summed E-state index contributed by atoms with van der Waals surface area (Å²) in [5.41, 5.74) is 2.45. The molecule has 0 N–H and O–H groups in total. The van der Waals surface area contributed by atoms with E-state index in [0.717, 1.165) is 5.56 Å². The molecule has 0 saturated heterocycles. The van der Waals surface area contributed by atoms with Gasteiger partial charge in [-0.1, -0.05) is 35.0 Å². The van der Waals surface area contributed by atoms with Crippen molar-refractivity contribution < 1.29 is 9.18 Å². The molecule has 22 heavy (non-hydrogen) atoms. The Bertz CT molecular complexity index is 815. The zero-order valence-electron chi connectivity index (χ0n) is 11.4. The molecule has 1 aromatic heterocycles. The minimum absolute atomic E-state index is 0.254. The van der Waals surface area contributed by atoms with Gasteiger partial charge in [0.25, 0.3) is 0 Å². The summed E-state index contributed by atoms with van der Waals surface area (Å²) in [5.74, 6) is -0.305. The Morgan fingerprint density at radius 2 is 1.95 bits per heavy atom. The first-order valence-corrected chi connectivity index (χ1v) is 6.95. The maximum absolute atomic E-state index is 13.0. The van der Waals surface area contributed by atoms with E-state index in [-0.39, 0.29) is 11.5 Å². The van der Waals surface area contributed by atoms with Gasteiger partial charge in [-0.25, -0.2) is 9.07 Å². The fraction of sp³-hybridized carbons (Fsp3) is 0.0625. The van der Waals surface area contributed by atoms with Crippen LogP contribution in [0.3, 0.4) is 0 Å². The summed E-state index contributed by atoms with van der Waals surface area (Å²) in [4.78, 5) is 11.2. The molecule has 0 radical (unpaired) electrons. The highest BCUT2D eigenvalue weighted by atomic mass is 35.5. The molecule has 0 bridgehead atoms. The van der Waals surface area contributed by atoms with Gasteiger partial charge in [-0.05, 0) is 35.9 Å². The van der Waals surface area contributed by atoms with Crippen LogP contribution in [0.25, 0.3) is 5.69 Å². The molecular weight excluding hydrogens is 305 g/mol. The molecule has 0 atom stereocenters. The van der Waals surface area contributed by atoms with Crippen molar-refractivity contribution in [1.29, 1.82) is 0 Å². The van der Waals surface area contributed by atoms with Crippen molar-refractivity contribution in [2.24, 2.45) is 0 Å². The van der Waals surface area contributed by atoms with E-state index in [9.17, 15) is 9.18 Å². The molecule has 4 nitrogen and oxygen atoms in total. The van der Waals surface area contributed by atoms with E-state index in [2.05, 4.69) is 10.3 Å². The van der Waals surface area contributed by atoms with E-state index in [4.69, 9.17) is 11.6 Å². The third kappa shape index (κ3) is 2.89. The maximum Gasteiger partial charge on any atom is 0.172 e. The second kappa shape index (κ2) is 6.07. The van der Waals surface area contributed by atoms with Crippen molar-refractivity contribution in [2.75, 3.05) is 0 Å². The van der Waals surface area contributed by atoms with Crippen LogP contribution in [-0.4, -0.2) is 21.3 Å². The van der Waals surface area contributed by atoms with E-state index in [1.807, 2.05) is 6.07 Å². The zero-order valence-corrected chi connectivity index (χ0v) is 12.2. The van der Waals surface area contributed by atoms with Gasteiger partial charge in [-0.15, -0.1) is 5.10 Å². The third-order valence-corrected chi connectivity index (χ3v) is 3.48. The first-order chi connectivity index (χ1) is 10.7. The average Bonchev–Trinajstić information content (AvgIpc) is 2.92. The second-order valence-corrected chi connectivity index (χ2v) is 5.17. The summed E-state index contributed by atoms with van der Waals surface area (Å²) >= 11 is 5.99. The minimum atomic E-state index is -0.305. The number of aldehydes is 1. The van der Waals surface area contributed by atoms with Crippen molar-refractivity contribution >= 4 is 17.9 Å². The van der Waals surface area contributed by atoms with Crippen LogP contribution in [-0.2, 0) is 6.42 Å². The summed E-state index contributed by atoms with van der Waals surface area (Å²) in [6.45, 7) is 0. The maximum atomic E-state index is 13.0. The molecule has 0 spiro atoms. The molecule has 0 aliphatic rings. The lowest BCUT2D eigenvalue weighted by Gasteiger charge is -2.07. The average molecular weight is 316 g/mol. The molecule has 6 heteroatoms. The quantitative estimate of drug-likeness (QED) is 0.693. The Labute approximate surface area is 131 Å². The Balaban J connectivity index is 2.04. The summed E-state index contributed by atoms with van der Waals surface area (Å²) in [7, 11) is 0. The lowest BCUT2D eigenvalue weighted by molar-refractivity contribution is 0.111. The lowest BCUT2D eigenvalue weighted by Crippen LogP contribution is -2.04. The first-order valence-electron chi connectivity index (χ1n) is 6.57. The predicted molar refractivity (Wildman–Crippen MR) is 81.0 cm³/mol. The van der Waals surface area contributed by atoms with Gasteiger partial charge in [0.2, 0.25) is 0 Å². The van der Waals surface area contributed by atoms with E-state index in [1.165, 1.54) is 12.1 Å². The largest absolute Gasteiger partial charge is 0.296 e. The van der Waals surface area contributed by atoms with Gasteiger partial charge in [-0.2, -0.15) is 0 Å². The van der Waals surface area contributed by atoms with Gasteiger partial charge in [-0.3, -0.25) is 4.79 Å². The highest BCUT2D eigenvalue weighted by molar-refractivity contribution is 6.30. The molecule has 0 aliphatic carbocycles. The van der Waals surface area contributed by atoms with Crippen molar-refractivity contribution in [2.45, 2.75) is 6.42 Å². The van der Waals surface area contributed by atoms with Gasteiger partial charge >= 0.3 is 0 Å². The van der Waals surface area contributed by atoms with Gasteiger partial charge in [0, 0.05) is 11.4 Å². The van der Waals surface area contributed by atoms with Crippen LogP contribution in [0.4, 0.5) is 4.39 Å². The van der Waals surface area contributed by atoms with Crippen molar-refractivity contribution in [3.63, 3.8) is 0 Å². The normalized spacial score (nSPS) is 10.6. The second-order valence-electron chi connectivity index (χ2n) is 4.73. The number of carbonyl (C=O) groups is 1. The Kier molecular flexibility index (Phi) is 3.98. The molecule has 0 unspecified atom stereocenters. The highest BCUT2D eigenvalue weighted by Gasteiger charge is 2.14. The smallest absolute Gasteiger partial charge is 0.172 e. The molecule has 3 aromatic rings. The minimum Gasteiger partial charge on any atom is -0.296 e. The van der Waals surface area contributed by atoms with Crippen LogP contribution in [0.1, 0.15) is 21.7 Å². The van der Waals surface area contributed by atoms with Crippen LogP contribution in [0.15, 0.2) is 48.5 Å². The highest BCUT2D eigenvalue weighted by Crippen LogP contribution is 2.19. The number of hydrogen-bond donors (Lipinski definition) is 0. The molecule has 0 amide bonds. The Morgan fingerprint density at radius 1 is 1.18 bits per heavy atom. The van der Waals surface area contributed by atoms with Crippen LogP contribution in [0, 0.1) is 5.82 Å². The van der Waals surface area contributed by atoms with Crippen LogP contribution >= 0.6 is 11.6 Å². The van der Waals surface area contributed by atoms with Gasteiger partial charge < -0.3 is 0 Å². The Morgan fingerprint density at radius 3 is 2.64 bits per heavy atom. The molecule has 0 saturated carbocycles. The number of aromatic nitrogens is 3. The van der Waals surface area contributed by atoms with Crippen molar-refractivity contribution in [1.82, 2.24) is 15.0 Å². The molecule has 2 aromatic carbocycles. The number of nitrogens with zero attached hydrogens (tertiary/aromatic N) is 3. The van der Waals surface area contributed by atoms with E-state index in [0.29, 0.717) is 29.1 Å². The fourth-order valence-electron chi connectivity index (χ4n) is 2.18. The van der Waals surface area contributed by atoms with E-state index in [1.54, 1.807) is 35.0 Å². The predicted octanol–water partition coefficient (Wildman–Crippen LogP) is 3.46. The Hall–Kier alpha value is -2.53. The molecule has 110 valence electrons. The zero-order chi connectivity index (χ0) is 15.5. The number of benzene rings is 2. The van der Waals surface area contributed by atoms with Gasteiger partial charge in [0.1, 0.15) is 11.5 Å². The van der Waals surface area contributed by atoms with Crippen LogP contribution in [0.2, 0.25) is 5.02 Å². The SMILES string of the molecule is O=Cc1nnn(-c2cccc(Cl)c2)c1Cc1ccc(F)cc1. The van der Waals surface area contributed by atoms with Crippen molar-refractivity contribution in [3.05, 3.63) is 76.3 Å². The fourth-order valence-corrected chi connectivity index (χ4v) is 2.37. The van der Waals surface area contributed by atoms with Crippen LogP contribution in [0.5, 0.6) is 0 Å². The molecular formula is C16H11ClFN3O. The molecule has 3 rings (SSSR count). The van der Waals surface area contributed by atoms with E-state index >= 15 is 0 Å². The topological polar surface area (TPSA) is 47.8 Å². The molecule has 0 aliphatic heterocycles. The molecule has 1 heterocycles. The van der Waals surface area contributed by atoms with E-state index < -0.39 is 0 Å².